The molecule has 1 saturated heterocycles. The zero-order valence-electron chi connectivity index (χ0n) is 14.4. The highest BCUT2D eigenvalue weighted by Gasteiger charge is 2.34. The van der Waals surface area contributed by atoms with Crippen molar-refractivity contribution in [2.24, 2.45) is 0 Å². The molecule has 1 aliphatic heterocycles. The highest BCUT2D eigenvalue weighted by Crippen LogP contribution is 2.22. The number of aliphatic hydroxyl groups is 1. The lowest BCUT2D eigenvalue weighted by molar-refractivity contribution is -0.0191. The molecule has 1 aliphatic rings. The van der Waals surface area contributed by atoms with E-state index in [1.807, 2.05) is 27.0 Å². The van der Waals surface area contributed by atoms with E-state index in [-0.39, 0.29) is 12.0 Å². The normalized spacial score (nSPS) is 18.6. The molecule has 6 heteroatoms. The summed E-state index contributed by atoms with van der Waals surface area (Å²) in [6.07, 6.45) is 4.06. The predicted molar refractivity (Wildman–Crippen MR) is 89.7 cm³/mol. The molecule has 0 radical (unpaired) electrons. The van der Waals surface area contributed by atoms with Gasteiger partial charge in [-0.2, -0.15) is 0 Å². The lowest BCUT2D eigenvalue weighted by Gasteiger charge is -2.38. The standard InChI is InChI=1S/C17H29N3O3/c1-4-23-16(21)15-12(2)11-20-14(15)5-8-19-13(3)17(22)6-9-18-10-7-17/h11,13,18-20,22H,4-10H2,1-3H3. The fraction of sp³-hybridized carbons (Fsp3) is 0.706. The van der Waals surface area contributed by atoms with Gasteiger partial charge in [0.25, 0.3) is 0 Å². The lowest BCUT2D eigenvalue weighted by atomic mass is 9.86. The maximum absolute atomic E-state index is 12.0. The van der Waals surface area contributed by atoms with Gasteiger partial charge >= 0.3 is 5.97 Å². The molecule has 1 aromatic heterocycles. The Morgan fingerprint density at radius 2 is 2.17 bits per heavy atom. The van der Waals surface area contributed by atoms with Crippen molar-refractivity contribution >= 4 is 5.97 Å². The van der Waals surface area contributed by atoms with Crippen molar-refractivity contribution in [1.82, 2.24) is 15.6 Å². The molecule has 1 unspecified atom stereocenters. The second-order valence-electron chi connectivity index (χ2n) is 6.33. The zero-order valence-corrected chi connectivity index (χ0v) is 14.4. The van der Waals surface area contributed by atoms with Gasteiger partial charge in [0.15, 0.2) is 0 Å². The van der Waals surface area contributed by atoms with Gasteiger partial charge in [0.1, 0.15) is 0 Å². The number of aryl methyl sites for hydroxylation is 1. The summed E-state index contributed by atoms with van der Waals surface area (Å²) in [5.74, 6) is -0.272. The number of hydrogen-bond donors (Lipinski definition) is 4. The lowest BCUT2D eigenvalue weighted by Crippen LogP contribution is -2.54. The van der Waals surface area contributed by atoms with Crippen LogP contribution in [0.25, 0.3) is 0 Å². The first kappa shape index (κ1) is 18.0. The van der Waals surface area contributed by atoms with Crippen LogP contribution in [0.2, 0.25) is 0 Å². The summed E-state index contributed by atoms with van der Waals surface area (Å²) < 4.78 is 5.12. The largest absolute Gasteiger partial charge is 0.462 e. The van der Waals surface area contributed by atoms with Gasteiger partial charge in [-0.05, 0) is 52.3 Å². The van der Waals surface area contributed by atoms with Crippen LogP contribution in [0.4, 0.5) is 0 Å². The summed E-state index contributed by atoms with van der Waals surface area (Å²) in [6.45, 7) is 8.51. The molecule has 0 aliphatic carbocycles. The highest BCUT2D eigenvalue weighted by molar-refractivity contribution is 5.92. The zero-order chi connectivity index (χ0) is 16.9. The van der Waals surface area contributed by atoms with Crippen LogP contribution in [0.15, 0.2) is 6.20 Å². The Balaban J connectivity index is 1.90. The van der Waals surface area contributed by atoms with Crippen LogP contribution < -0.4 is 10.6 Å². The Bertz CT molecular complexity index is 521. The smallest absolute Gasteiger partial charge is 0.340 e. The van der Waals surface area contributed by atoms with E-state index in [0.29, 0.717) is 25.1 Å². The van der Waals surface area contributed by atoms with E-state index in [2.05, 4.69) is 15.6 Å². The molecule has 6 nitrogen and oxygen atoms in total. The fourth-order valence-corrected chi connectivity index (χ4v) is 3.16. The number of carbonyl (C=O) groups is 1. The quantitative estimate of drug-likeness (QED) is 0.565. The van der Waals surface area contributed by atoms with Crippen molar-refractivity contribution in [2.75, 3.05) is 26.2 Å². The van der Waals surface area contributed by atoms with Crippen LogP contribution in [0.3, 0.4) is 0 Å². The molecule has 1 atom stereocenters. The van der Waals surface area contributed by atoms with E-state index in [1.54, 1.807) is 0 Å². The Morgan fingerprint density at radius 1 is 1.48 bits per heavy atom. The summed E-state index contributed by atoms with van der Waals surface area (Å²) in [5.41, 5.74) is 1.78. The van der Waals surface area contributed by atoms with Crippen LogP contribution in [0, 0.1) is 6.92 Å². The fourth-order valence-electron chi connectivity index (χ4n) is 3.16. The number of aromatic amines is 1. The molecule has 0 spiro atoms. The number of nitrogens with one attached hydrogen (secondary N) is 3. The van der Waals surface area contributed by atoms with Gasteiger partial charge in [-0.3, -0.25) is 0 Å². The first-order valence-electron chi connectivity index (χ1n) is 8.48. The van der Waals surface area contributed by atoms with Gasteiger partial charge in [-0.15, -0.1) is 0 Å². The first-order chi connectivity index (χ1) is 11.0. The molecular formula is C17H29N3O3. The number of rotatable bonds is 7. The maximum atomic E-state index is 12.0. The second-order valence-corrected chi connectivity index (χ2v) is 6.33. The molecule has 2 heterocycles. The van der Waals surface area contributed by atoms with Gasteiger partial charge in [-0.25, -0.2) is 4.79 Å². The molecule has 130 valence electrons. The Morgan fingerprint density at radius 3 is 2.83 bits per heavy atom. The average Bonchev–Trinajstić information content (AvgIpc) is 2.89. The number of aromatic nitrogens is 1. The van der Waals surface area contributed by atoms with E-state index in [0.717, 1.165) is 37.2 Å². The first-order valence-corrected chi connectivity index (χ1v) is 8.48. The maximum Gasteiger partial charge on any atom is 0.340 e. The predicted octanol–water partition coefficient (Wildman–Crippen LogP) is 1.13. The Kier molecular flexibility index (Phi) is 6.21. The van der Waals surface area contributed by atoms with Crippen LogP contribution in [-0.4, -0.2) is 53.9 Å². The van der Waals surface area contributed by atoms with Crippen LogP contribution in [0.1, 0.15) is 48.3 Å². The molecule has 0 aromatic carbocycles. The minimum absolute atomic E-state index is 0.0201. The number of piperidine rings is 1. The summed E-state index contributed by atoms with van der Waals surface area (Å²) in [5, 5.41) is 17.3. The molecule has 0 saturated carbocycles. The molecule has 23 heavy (non-hydrogen) atoms. The Labute approximate surface area is 138 Å². The number of hydrogen-bond acceptors (Lipinski definition) is 5. The average molecular weight is 323 g/mol. The third-order valence-corrected chi connectivity index (χ3v) is 4.74. The third kappa shape index (κ3) is 4.34. The number of ether oxygens (including phenoxy) is 1. The van der Waals surface area contributed by atoms with Crippen LogP contribution in [-0.2, 0) is 11.2 Å². The van der Waals surface area contributed by atoms with Gasteiger partial charge in [0.05, 0.1) is 17.8 Å². The van der Waals surface area contributed by atoms with Crippen molar-refractivity contribution in [2.45, 2.75) is 51.7 Å². The van der Waals surface area contributed by atoms with Gasteiger partial charge in [0, 0.05) is 30.9 Å². The second kappa shape index (κ2) is 7.95. The van der Waals surface area contributed by atoms with Gasteiger partial charge in [0.2, 0.25) is 0 Å². The minimum Gasteiger partial charge on any atom is -0.462 e. The van der Waals surface area contributed by atoms with E-state index in [4.69, 9.17) is 4.74 Å². The minimum atomic E-state index is -0.652. The summed E-state index contributed by atoms with van der Waals surface area (Å²) in [6, 6.07) is 0.0201. The van der Waals surface area contributed by atoms with Crippen molar-refractivity contribution in [3.8, 4) is 0 Å². The molecule has 0 amide bonds. The molecule has 0 bridgehead atoms. The van der Waals surface area contributed by atoms with E-state index >= 15 is 0 Å². The number of H-pyrrole nitrogens is 1. The van der Waals surface area contributed by atoms with Gasteiger partial charge in [-0.1, -0.05) is 0 Å². The molecule has 1 fully saturated rings. The molecule has 4 N–H and O–H groups in total. The van der Waals surface area contributed by atoms with E-state index < -0.39 is 5.60 Å². The molecule has 2 rings (SSSR count). The number of esters is 1. The topological polar surface area (TPSA) is 86.4 Å². The number of carbonyl (C=O) groups excluding carboxylic acids is 1. The van der Waals surface area contributed by atoms with Crippen molar-refractivity contribution in [3.05, 3.63) is 23.0 Å². The summed E-state index contributed by atoms with van der Waals surface area (Å²) in [7, 11) is 0. The molecular weight excluding hydrogens is 294 g/mol. The molecule has 1 aromatic rings. The van der Waals surface area contributed by atoms with E-state index in [1.165, 1.54) is 0 Å². The SMILES string of the molecule is CCOC(=O)c1c(C)c[nH]c1CCNC(C)C1(O)CCNCC1. The van der Waals surface area contributed by atoms with Crippen molar-refractivity contribution in [1.29, 1.82) is 0 Å². The van der Waals surface area contributed by atoms with Crippen molar-refractivity contribution in [3.63, 3.8) is 0 Å². The van der Waals surface area contributed by atoms with Crippen LogP contribution >= 0.6 is 0 Å². The third-order valence-electron chi connectivity index (χ3n) is 4.74. The van der Waals surface area contributed by atoms with Crippen molar-refractivity contribution < 1.29 is 14.6 Å². The van der Waals surface area contributed by atoms with Gasteiger partial charge < -0.3 is 25.5 Å². The summed E-state index contributed by atoms with van der Waals surface area (Å²) >= 11 is 0. The van der Waals surface area contributed by atoms with Crippen LogP contribution in [0.5, 0.6) is 0 Å². The Hall–Kier alpha value is -1.37. The highest BCUT2D eigenvalue weighted by atomic mass is 16.5. The summed E-state index contributed by atoms with van der Waals surface area (Å²) in [4.78, 5) is 15.2. The van der Waals surface area contributed by atoms with E-state index in [9.17, 15) is 9.90 Å². The monoisotopic (exact) mass is 323 g/mol.